The Hall–Kier alpha value is -1.69. The third kappa shape index (κ3) is 2.43. The maximum Gasteiger partial charge on any atom is 0.335 e. The summed E-state index contributed by atoms with van der Waals surface area (Å²) >= 11 is 3.31. The first-order valence-electron chi connectivity index (χ1n) is 5.43. The van der Waals surface area contributed by atoms with Crippen LogP contribution in [-0.2, 0) is 0 Å². The molecule has 0 saturated carbocycles. The Labute approximate surface area is 113 Å². The Kier molecular flexibility index (Phi) is 3.47. The zero-order chi connectivity index (χ0) is 13.3. The summed E-state index contributed by atoms with van der Waals surface area (Å²) in [5.74, 6) is 0.0425. The fraction of sp³-hybridized carbons (Fsp3) is 0.250. The van der Waals surface area contributed by atoms with E-state index in [9.17, 15) is 4.79 Å². The molecule has 0 aliphatic heterocycles. The summed E-state index contributed by atoms with van der Waals surface area (Å²) in [6, 6.07) is 5.00. The predicted molar refractivity (Wildman–Crippen MR) is 70.1 cm³/mol. The van der Waals surface area contributed by atoms with Crippen LogP contribution in [-0.4, -0.2) is 25.8 Å². The van der Waals surface area contributed by atoms with E-state index in [1.807, 2.05) is 19.9 Å². The zero-order valence-electron chi connectivity index (χ0n) is 9.96. The van der Waals surface area contributed by atoms with Crippen molar-refractivity contribution in [3.63, 3.8) is 0 Å². The van der Waals surface area contributed by atoms with E-state index in [2.05, 4.69) is 26.1 Å². The van der Waals surface area contributed by atoms with Gasteiger partial charge < -0.3 is 5.11 Å². The van der Waals surface area contributed by atoms with Crippen LogP contribution < -0.4 is 0 Å². The van der Waals surface area contributed by atoms with Crippen LogP contribution >= 0.6 is 15.9 Å². The van der Waals surface area contributed by atoms with Gasteiger partial charge in [-0.15, -0.1) is 10.2 Å². The molecule has 0 saturated heterocycles. The number of carboxylic acid groups (broad SMARTS) is 1. The van der Waals surface area contributed by atoms with E-state index in [0.29, 0.717) is 4.47 Å². The predicted octanol–water partition coefficient (Wildman–Crippen LogP) is 2.85. The van der Waals surface area contributed by atoms with Gasteiger partial charge in [0, 0.05) is 10.4 Å². The number of carboxylic acids is 1. The van der Waals surface area contributed by atoms with Crippen LogP contribution in [0.4, 0.5) is 0 Å². The van der Waals surface area contributed by atoms with Crippen LogP contribution in [0, 0.1) is 0 Å². The molecular formula is C12H12BrN3O2. The Morgan fingerprint density at radius 1 is 1.39 bits per heavy atom. The van der Waals surface area contributed by atoms with Gasteiger partial charge in [-0.25, -0.2) is 4.79 Å². The van der Waals surface area contributed by atoms with Crippen LogP contribution in [0.3, 0.4) is 0 Å². The SMILES string of the molecule is CC(C)c1nncn1-c1cc(Br)cc(C(=O)O)c1. The highest BCUT2D eigenvalue weighted by Gasteiger charge is 2.13. The summed E-state index contributed by atoms with van der Waals surface area (Å²) in [5, 5.41) is 17.0. The molecule has 94 valence electrons. The fourth-order valence-corrected chi connectivity index (χ4v) is 2.15. The van der Waals surface area contributed by atoms with Crippen LogP contribution in [0.2, 0.25) is 0 Å². The lowest BCUT2D eigenvalue weighted by Crippen LogP contribution is -2.04. The van der Waals surface area contributed by atoms with Gasteiger partial charge in [-0.1, -0.05) is 29.8 Å². The Morgan fingerprint density at radius 2 is 2.11 bits per heavy atom. The number of carbonyl (C=O) groups is 1. The summed E-state index contributed by atoms with van der Waals surface area (Å²) in [4.78, 5) is 11.0. The molecule has 1 N–H and O–H groups in total. The molecule has 6 heteroatoms. The van der Waals surface area contributed by atoms with Crippen LogP contribution in [0.1, 0.15) is 35.9 Å². The number of rotatable bonds is 3. The molecule has 0 fully saturated rings. The van der Waals surface area contributed by atoms with Crippen molar-refractivity contribution in [3.8, 4) is 5.69 Å². The standard InChI is InChI=1S/C12H12BrN3O2/c1-7(2)11-15-14-6-16(11)10-4-8(12(17)18)3-9(13)5-10/h3-7H,1-2H3,(H,17,18). The number of hydrogen-bond donors (Lipinski definition) is 1. The summed E-state index contributed by atoms with van der Waals surface area (Å²) in [6.45, 7) is 4.02. The minimum absolute atomic E-state index is 0.208. The van der Waals surface area contributed by atoms with Crippen molar-refractivity contribution in [2.24, 2.45) is 0 Å². The van der Waals surface area contributed by atoms with Gasteiger partial charge in [0.05, 0.1) is 11.3 Å². The second-order valence-electron chi connectivity index (χ2n) is 4.22. The molecule has 2 aromatic rings. The van der Waals surface area contributed by atoms with Crippen molar-refractivity contribution >= 4 is 21.9 Å². The minimum Gasteiger partial charge on any atom is -0.478 e. The van der Waals surface area contributed by atoms with E-state index in [1.54, 1.807) is 23.0 Å². The van der Waals surface area contributed by atoms with Gasteiger partial charge >= 0.3 is 5.97 Å². The first kappa shape index (κ1) is 12.8. The van der Waals surface area contributed by atoms with Crippen molar-refractivity contribution < 1.29 is 9.90 Å². The van der Waals surface area contributed by atoms with E-state index in [0.717, 1.165) is 11.5 Å². The number of benzene rings is 1. The molecule has 0 bridgehead atoms. The molecule has 0 spiro atoms. The minimum atomic E-state index is -0.961. The second kappa shape index (κ2) is 4.89. The maximum absolute atomic E-state index is 11.0. The number of aromatic nitrogens is 3. The highest BCUT2D eigenvalue weighted by molar-refractivity contribution is 9.10. The topological polar surface area (TPSA) is 68.0 Å². The number of aromatic carboxylic acids is 1. The Bertz CT molecular complexity index is 593. The summed E-state index contributed by atoms with van der Waals surface area (Å²) in [5.41, 5.74) is 0.957. The van der Waals surface area contributed by atoms with E-state index in [4.69, 9.17) is 5.11 Å². The average molecular weight is 310 g/mol. The molecule has 0 amide bonds. The molecule has 18 heavy (non-hydrogen) atoms. The first-order chi connectivity index (χ1) is 8.49. The molecule has 0 aliphatic carbocycles. The van der Waals surface area contributed by atoms with Gasteiger partial charge in [0.25, 0.3) is 0 Å². The molecule has 1 aromatic carbocycles. The molecule has 1 aromatic heterocycles. The number of nitrogens with zero attached hydrogens (tertiary/aromatic N) is 3. The third-order valence-electron chi connectivity index (χ3n) is 2.50. The summed E-state index contributed by atoms with van der Waals surface area (Å²) in [6.07, 6.45) is 1.59. The van der Waals surface area contributed by atoms with Crippen molar-refractivity contribution in [3.05, 3.63) is 40.4 Å². The Balaban J connectivity index is 2.57. The van der Waals surface area contributed by atoms with E-state index >= 15 is 0 Å². The van der Waals surface area contributed by atoms with Crippen molar-refractivity contribution in [2.45, 2.75) is 19.8 Å². The van der Waals surface area contributed by atoms with Gasteiger partial charge in [-0.3, -0.25) is 4.57 Å². The fourth-order valence-electron chi connectivity index (χ4n) is 1.67. The zero-order valence-corrected chi connectivity index (χ0v) is 11.5. The lowest BCUT2D eigenvalue weighted by molar-refractivity contribution is 0.0697. The van der Waals surface area contributed by atoms with Crippen molar-refractivity contribution in [1.29, 1.82) is 0 Å². The first-order valence-corrected chi connectivity index (χ1v) is 6.22. The van der Waals surface area contributed by atoms with Gasteiger partial charge in [0.1, 0.15) is 12.2 Å². The van der Waals surface area contributed by atoms with Gasteiger partial charge in [0.2, 0.25) is 0 Å². The average Bonchev–Trinajstić information content (AvgIpc) is 2.76. The van der Waals surface area contributed by atoms with Crippen LogP contribution in [0.5, 0.6) is 0 Å². The molecular weight excluding hydrogens is 298 g/mol. The monoisotopic (exact) mass is 309 g/mol. The van der Waals surface area contributed by atoms with Gasteiger partial charge in [-0.2, -0.15) is 0 Å². The normalized spacial score (nSPS) is 10.9. The molecule has 0 unspecified atom stereocenters. The van der Waals surface area contributed by atoms with Gasteiger partial charge in [-0.05, 0) is 18.2 Å². The quantitative estimate of drug-likeness (QED) is 0.946. The maximum atomic E-state index is 11.0. The largest absolute Gasteiger partial charge is 0.478 e. The molecule has 0 atom stereocenters. The van der Waals surface area contributed by atoms with Crippen LogP contribution in [0.25, 0.3) is 5.69 Å². The molecule has 2 rings (SSSR count). The van der Waals surface area contributed by atoms with Crippen molar-refractivity contribution in [2.75, 3.05) is 0 Å². The molecule has 0 radical (unpaired) electrons. The van der Waals surface area contributed by atoms with Crippen LogP contribution in [0.15, 0.2) is 29.0 Å². The lowest BCUT2D eigenvalue weighted by atomic mass is 10.1. The summed E-state index contributed by atoms with van der Waals surface area (Å²) in [7, 11) is 0. The lowest BCUT2D eigenvalue weighted by Gasteiger charge is -2.10. The molecule has 5 nitrogen and oxygen atoms in total. The number of hydrogen-bond acceptors (Lipinski definition) is 3. The second-order valence-corrected chi connectivity index (χ2v) is 5.13. The van der Waals surface area contributed by atoms with E-state index in [1.165, 1.54) is 0 Å². The number of halogens is 1. The highest BCUT2D eigenvalue weighted by Crippen LogP contribution is 2.22. The third-order valence-corrected chi connectivity index (χ3v) is 2.96. The Morgan fingerprint density at radius 3 is 2.72 bits per heavy atom. The molecule has 0 aliphatic rings. The summed E-state index contributed by atoms with van der Waals surface area (Å²) < 4.78 is 2.50. The highest BCUT2D eigenvalue weighted by atomic mass is 79.9. The van der Waals surface area contributed by atoms with Gasteiger partial charge in [0.15, 0.2) is 0 Å². The van der Waals surface area contributed by atoms with E-state index < -0.39 is 5.97 Å². The molecule has 1 heterocycles. The van der Waals surface area contributed by atoms with Crippen molar-refractivity contribution in [1.82, 2.24) is 14.8 Å². The van der Waals surface area contributed by atoms with E-state index in [-0.39, 0.29) is 11.5 Å². The smallest absolute Gasteiger partial charge is 0.335 e.